The van der Waals surface area contributed by atoms with Crippen LogP contribution in [0.2, 0.25) is 0 Å². The molecule has 21 heavy (non-hydrogen) atoms. The van der Waals surface area contributed by atoms with Gasteiger partial charge in [-0.25, -0.2) is 4.68 Å². The average Bonchev–Trinajstić information content (AvgIpc) is 2.89. The highest BCUT2D eigenvalue weighted by molar-refractivity contribution is 9.10. The second-order valence-corrected chi connectivity index (χ2v) is 6.15. The normalized spacial score (nSPS) is 13.9. The van der Waals surface area contributed by atoms with E-state index < -0.39 is 11.4 Å². The van der Waals surface area contributed by atoms with Crippen molar-refractivity contribution in [1.82, 2.24) is 20.2 Å². The fourth-order valence-corrected chi connectivity index (χ4v) is 2.38. The molecule has 2 rings (SSSR count). The molecule has 0 saturated carbocycles. The Hall–Kier alpha value is -1.76. The van der Waals surface area contributed by atoms with Crippen molar-refractivity contribution in [3.63, 3.8) is 0 Å². The third-order valence-corrected chi connectivity index (χ3v) is 4.69. The zero-order chi connectivity index (χ0) is 15.6. The molecule has 1 N–H and O–H groups in total. The summed E-state index contributed by atoms with van der Waals surface area (Å²) in [6, 6.07) is 5.77. The lowest BCUT2D eigenvalue weighted by molar-refractivity contribution is -0.149. The highest BCUT2D eigenvalue weighted by Gasteiger charge is 2.33. The van der Waals surface area contributed by atoms with Crippen molar-refractivity contribution in [2.45, 2.75) is 33.7 Å². The molecule has 0 spiro atoms. The molecule has 0 aliphatic carbocycles. The molecule has 1 unspecified atom stereocenters. The number of carboxylic acid groups (broad SMARTS) is 1. The molecule has 112 valence electrons. The van der Waals surface area contributed by atoms with E-state index in [1.54, 1.807) is 11.6 Å². The Morgan fingerprint density at radius 1 is 1.48 bits per heavy atom. The molecule has 0 aliphatic rings. The molecule has 0 radical (unpaired) electrons. The Balaban J connectivity index is 2.44. The zero-order valence-corrected chi connectivity index (χ0v) is 13.8. The molecular weight excluding hydrogens is 336 g/mol. The number of rotatable bonds is 5. The van der Waals surface area contributed by atoms with E-state index >= 15 is 0 Å². The fraction of sp³-hybridized carbons (Fsp3) is 0.429. The van der Waals surface area contributed by atoms with Gasteiger partial charge in [-0.3, -0.25) is 4.79 Å². The number of halogens is 1. The molecular formula is C14H17BrN4O2. The van der Waals surface area contributed by atoms with Crippen LogP contribution in [0.1, 0.15) is 25.8 Å². The van der Waals surface area contributed by atoms with E-state index in [2.05, 4.69) is 31.5 Å². The number of aliphatic carboxylic acids is 1. The second-order valence-electron chi connectivity index (χ2n) is 5.29. The molecule has 1 atom stereocenters. The SMILES string of the molecule is CCC(C)(Cn1nnnc1-c1cccc(Br)c1C)C(=O)O. The smallest absolute Gasteiger partial charge is 0.311 e. The Labute approximate surface area is 131 Å². The molecule has 2 aromatic rings. The lowest BCUT2D eigenvalue weighted by Crippen LogP contribution is -2.32. The Bertz CT molecular complexity index is 671. The topological polar surface area (TPSA) is 80.9 Å². The summed E-state index contributed by atoms with van der Waals surface area (Å²) in [4.78, 5) is 11.5. The van der Waals surface area contributed by atoms with Crippen LogP contribution in [-0.4, -0.2) is 31.3 Å². The number of aromatic nitrogens is 4. The van der Waals surface area contributed by atoms with Crippen molar-refractivity contribution in [3.05, 3.63) is 28.2 Å². The number of benzene rings is 1. The molecule has 0 fully saturated rings. The number of tetrazole rings is 1. The molecule has 7 heteroatoms. The molecule has 1 aromatic heterocycles. The lowest BCUT2D eigenvalue weighted by Gasteiger charge is -2.23. The van der Waals surface area contributed by atoms with Crippen LogP contribution in [0.3, 0.4) is 0 Å². The monoisotopic (exact) mass is 352 g/mol. The minimum Gasteiger partial charge on any atom is -0.481 e. The summed E-state index contributed by atoms with van der Waals surface area (Å²) in [5.41, 5.74) is 1.00. The molecule has 0 aliphatic heterocycles. The van der Waals surface area contributed by atoms with Crippen LogP contribution in [0.25, 0.3) is 11.4 Å². The van der Waals surface area contributed by atoms with Gasteiger partial charge in [-0.2, -0.15) is 0 Å². The maximum Gasteiger partial charge on any atom is 0.311 e. The first kappa shape index (κ1) is 15.6. The first-order valence-corrected chi connectivity index (χ1v) is 7.43. The van der Waals surface area contributed by atoms with Gasteiger partial charge in [-0.1, -0.05) is 35.0 Å². The summed E-state index contributed by atoms with van der Waals surface area (Å²) in [6.07, 6.45) is 0.499. The summed E-state index contributed by atoms with van der Waals surface area (Å²) < 4.78 is 2.53. The quantitative estimate of drug-likeness (QED) is 0.894. The third kappa shape index (κ3) is 2.97. The highest BCUT2D eigenvalue weighted by Crippen LogP contribution is 2.29. The minimum atomic E-state index is -0.899. The second kappa shape index (κ2) is 5.93. The van der Waals surface area contributed by atoms with E-state index in [1.807, 2.05) is 32.0 Å². The Kier molecular flexibility index (Phi) is 4.41. The van der Waals surface area contributed by atoms with Gasteiger partial charge >= 0.3 is 5.97 Å². The van der Waals surface area contributed by atoms with Crippen molar-refractivity contribution in [2.75, 3.05) is 0 Å². The van der Waals surface area contributed by atoms with E-state index in [9.17, 15) is 9.90 Å². The van der Waals surface area contributed by atoms with Crippen molar-refractivity contribution in [1.29, 1.82) is 0 Å². The Morgan fingerprint density at radius 2 is 2.19 bits per heavy atom. The number of hydrogen-bond donors (Lipinski definition) is 1. The van der Waals surface area contributed by atoms with Gasteiger partial charge in [0.1, 0.15) is 0 Å². The van der Waals surface area contributed by atoms with Crippen LogP contribution in [0.4, 0.5) is 0 Å². The summed E-state index contributed by atoms with van der Waals surface area (Å²) in [5, 5.41) is 21.1. The number of hydrogen-bond acceptors (Lipinski definition) is 4. The maximum absolute atomic E-state index is 11.5. The molecule has 1 aromatic carbocycles. The van der Waals surface area contributed by atoms with E-state index in [0.29, 0.717) is 12.2 Å². The predicted octanol–water partition coefficient (Wildman–Crippen LogP) is 2.91. The van der Waals surface area contributed by atoms with E-state index in [-0.39, 0.29) is 6.54 Å². The van der Waals surface area contributed by atoms with Crippen LogP contribution in [-0.2, 0) is 11.3 Å². The molecule has 0 bridgehead atoms. The molecule has 1 heterocycles. The summed E-state index contributed by atoms with van der Waals surface area (Å²) in [5.74, 6) is -0.271. The van der Waals surface area contributed by atoms with Crippen molar-refractivity contribution in [2.24, 2.45) is 5.41 Å². The van der Waals surface area contributed by atoms with Crippen molar-refractivity contribution in [3.8, 4) is 11.4 Å². The van der Waals surface area contributed by atoms with Gasteiger partial charge < -0.3 is 5.11 Å². The van der Waals surface area contributed by atoms with Crippen molar-refractivity contribution >= 4 is 21.9 Å². The minimum absolute atomic E-state index is 0.229. The third-order valence-electron chi connectivity index (χ3n) is 3.84. The standard InChI is InChI=1S/C14H17BrN4O2/c1-4-14(3,13(20)21)8-19-12(16-17-18-19)10-6-5-7-11(15)9(10)2/h5-7H,4,8H2,1-3H3,(H,20,21). The summed E-state index contributed by atoms with van der Waals surface area (Å²) in [6.45, 7) is 5.75. The average molecular weight is 353 g/mol. The number of carboxylic acids is 1. The fourth-order valence-electron chi connectivity index (χ4n) is 2.01. The van der Waals surface area contributed by atoms with Crippen LogP contribution in [0.15, 0.2) is 22.7 Å². The van der Waals surface area contributed by atoms with Gasteiger partial charge in [0.15, 0.2) is 5.82 Å². The van der Waals surface area contributed by atoms with Crippen LogP contribution < -0.4 is 0 Å². The van der Waals surface area contributed by atoms with Crippen LogP contribution in [0.5, 0.6) is 0 Å². The largest absolute Gasteiger partial charge is 0.481 e. The molecule has 0 amide bonds. The van der Waals surface area contributed by atoms with Crippen LogP contribution >= 0.6 is 15.9 Å². The van der Waals surface area contributed by atoms with Gasteiger partial charge in [0.2, 0.25) is 0 Å². The van der Waals surface area contributed by atoms with Gasteiger partial charge in [-0.05, 0) is 42.3 Å². The highest BCUT2D eigenvalue weighted by atomic mass is 79.9. The van der Waals surface area contributed by atoms with Crippen molar-refractivity contribution < 1.29 is 9.90 Å². The lowest BCUT2D eigenvalue weighted by atomic mass is 9.87. The molecule has 0 saturated heterocycles. The maximum atomic E-state index is 11.5. The number of nitrogens with zero attached hydrogens (tertiary/aromatic N) is 4. The summed E-state index contributed by atoms with van der Waals surface area (Å²) in [7, 11) is 0. The zero-order valence-electron chi connectivity index (χ0n) is 12.2. The number of carbonyl (C=O) groups is 1. The van der Waals surface area contributed by atoms with E-state index in [0.717, 1.165) is 15.6 Å². The van der Waals surface area contributed by atoms with E-state index in [1.165, 1.54) is 0 Å². The van der Waals surface area contributed by atoms with Gasteiger partial charge in [0.05, 0.1) is 12.0 Å². The molecule has 6 nitrogen and oxygen atoms in total. The van der Waals surface area contributed by atoms with E-state index in [4.69, 9.17) is 0 Å². The van der Waals surface area contributed by atoms with Crippen LogP contribution in [0, 0.1) is 12.3 Å². The first-order chi connectivity index (χ1) is 9.89. The predicted molar refractivity (Wildman–Crippen MR) is 81.7 cm³/mol. The van der Waals surface area contributed by atoms with Gasteiger partial charge in [0, 0.05) is 10.0 Å². The van der Waals surface area contributed by atoms with Gasteiger partial charge in [0.25, 0.3) is 0 Å². The first-order valence-electron chi connectivity index (χ1n) is 6.64. The summed E-state index contributed by atoms with van der Waals surface area (Å²) >= 11 is 3.48. The Morgan fingerprint density at radius 3 is 2.81 bits per heavy atom. The van der Waals surface area contributed by atoms with Gasteiger partial charge in [-0.15, -0.1) is 5.10 Å².